The molecule has 0 saturated heterocycles. The van der Waals surface area contributed by atoms with E-state index >= 15 is 0 Å². The van der Waals surface area contributed by atoms with E-state index < -0.39 is 0 Å². The second kappa shape index (κ2) is 13.3. The highest BCUT2D eigenvalue weighted by Crippen LogP contribution is 2.44. The van der Waals surface area contributed by atoms with Crippen molar-refractivity contribution in [3.63, 3.8) is 0 Å². The van der Waals surface area contributed by atoms with E-state index in [9.17, 15) is 0 Å². The van der Waals surface area contributed by atoms with Gasteiger partial charge < -0.3 is 4.57 Å². The molecule has 13 aromatic rings. The minimum atomic E-state index is 0.640. The van der Waals surface area contributed by atoms with Crippen molar-refractivity contribution < 1.29 is 0 Å². The zero-order chi connectivity index (χ0) is 40.0. The first-order valence-corrected chi connectivity index (χ1v) is 21.5. The molecule has 0 N–H and O–H groups in total. The lowest BCUT2D eigenvalue weighted by molar-refractivity contribution is 1.01. The van der Waals surface area contributed by atoms with Gasteiger partial charge in [0.1, 0.15) is 0 Å². The molecule has 0 unspecified atom stereocenters. The van der Waals surface area contributed by atoms with Gasteiger partial charge in [0, 0.05) is 63.9 Å². The molecule has 0 bridgehead atoms. The van der Waals surface area contributed by atoms with Gasteiger partial charge in [-0.25, -0.2) is 9.97 Å². The fourth-order valence-electron chi connectivity index (χ4n) is 9.65. The molecular formula is C56H34N4S. The first-order valence-electron chi connectivity index (χ1n) is 20.7. The molecule has 0 aliphatic carbocycles. The van der Waals surface area contributed by atoms with Gasteiger partial charge >= 0.3 is 0 Å². The summed E-state index contributed by atoms with van der Waals surface area (Å²) in [6.07, 6.45) is 0. The van der Waals surface area contributed by atoms with Gasteiger partial charge in [-0.15, -0.1) is 11.3 Å². The van der Waals surface area contributed by atoms with Crippen LogP contribution in [0.1, 0.15) is 0 Å². The molecule has 0 spiro atoms. The summed E-state index contributed by atoms with van der Waals surface area (Å²) in [6.45, 7) is 0. The standard InChI is InChI=1S/C56H34N4S/c1-2-15-35(16-3-1)53-46-22-4-8-27-48(46)57-56(58-53)60-51-32-31-38(59-49-28-9-5-19-41(49)42-20-6-10-29-50(42)59)34-47(51)44-25-13-23-39(54(44)60)36-17-12-18-37(33-36)40-24-14-26-45-43-21-7-11-30-52(43)61-55(40)45/h1-34H. The quantitative estimate of drug-likeness (QED) is 0.174. The van der Waals surface area contributed by atoms with Crippen LogP contribution in [0, 0.1) is 0 Å². The van der Waals surface area contributed by atoms with Crippen LogP contribution in [-0.2, 0) is 0 Å². The summed E-state index contributed by atoms with van der Waals surface area (Å²) in [5.41, 5.74) is 13.2. The van der Waals surface area contributed by atoms with Crippen molar-refractivity contribution in [3.05, 3.63) is 206 Å². The Morgan fingerprint density at radius 1 is 0.361 bits per heavy atom. The molecule has 0 atom stereocenters. The van der Waals surface area contributed by atoms with Crippen molar-refractivity contribution in [1.29, 1.82) is 0 Å². The van der Waals surface area contributed by atoms with Crippen LogP contribution >= 0.6 is 11.3 Å². The molecule has 4 heterocycles. The van der Waals surface area contributed by atoms with Gasteiger partial charge in [-0.3, -0.25) is 4.57 Å². The van der Waals surface area contributed by atoms with E-state index in [1.54, 1.807) is 0 Å². The number of para-hydroxylation sites is 4. The minimum absolute atomic E-state index is 0.640. The van der Waals surface area contributed by atoms with Crippen LogP contribution in [0.25, 0.3) is 120 Å². The maximum absolute atomic E-state index is 5.47. The average molecular weight is 795 g/mol. The van der Waals surface area contributed by atoms with Crippen molar-refractivity contribution in [2.75, 3.05) is 0 Å². The predicted molar refractivity (Wildman–Crippen MR) is 257 cm³/mol. The summed E-state index contributed by atoms with van der Waals surface area (Å²) < 4.78 is 7.31. The monoisotopic (exact) mass is 794 g/mol. The van der Waals surface area contributed by atoms with Gasteiger partial charge in [-0.1, -0.05) is 158 Å². The Balaban J connectivity index is 1.10. The molecule has 61 heavy (non-hydrogen) atoms. The van der Waals surface area contributed by atoms with Gasteiger partial charge in [0.25, 0.3) is 0 Å². The van der Waals surface area contributed by atoms with E-state index in [4.69, 9.17) is 9.97 Å². The largest absolute Gasteiger partial charge is 0.309 e. The van der Waals surface area contributed by atoms with Crippen LogP contribution in [0.15, 0.2) is 206 Å². The van der Waals surface area contributed by atoms with Crippen LogP contribution in [0.3, 0.4) is 0 Å². The van der Waals surface area contributed by atoms with E-state index in [0.717, 1.165) is 60.8 Å². The zero-order valence-corrected chi connectivity index (χ0v) is 33.6. The summed E-state index contributed by atoms with van der Waals surface area (Å²) in [4.78, 5) is 10.8. The summed E-state index contributed by atoms with van der Waals surface area (Å²) in [5.74, 6) is 0.640. The van der Waals surface area contributed by atoms with Crippen molar-refractivity contribution in [2.45, 2.75) is 0 Å². The average Bonchev–Trinajstić information content (AvgIpc) is 3.99. The summed E-state index contributed by atoms with van der Waals surface area (Å²) in [7, 11) is 0. The molecule has 0 saturated carbocycles. The number of nitrogens with zero attached hydrogens (tertiary/aromatic N) is 4. The number of hydrogen-bond donors (Lipinski definition) is 0. The fraction of sp³-hybridized carbons (Fsp3) is 0. The second-order valence-corrected chi connectivity index (χ2v) is 16.8. The Bertz CT molecular complexity index is 3840. The lowest BCUT2D eigenvalue weighted by Gasteiger charge is -2.14. The number of rotatable bonds is 5. The fourth-order valence-corrected chi connectivity index (χ4v) is 10.9. The van der Waals surface area contributed by atoms with Gasteiger partial charge in [0.05, 0.1) is 33.3 Å². The maximum Gasteiger partial charge on any atom is 0.235 e. The number of fused-ring (bicyclic) bond motifs is 10. The Kier molecular flexibility index (Phi) is 7.44. The third kappa shape index (κ3) is 5.18. The highest BCUT2D eigenvalue weighted by atomic mass is 32.1. The molecule has 4 nitrogen and oxygen atoms in total. The summed E-state index contributed by atoms with van der Waals surface area (Å²) in [5, 5.41) is 8.40. The van der Waals surface area contributed by atoms with Crippen molar-refractivity contribution in [2.24, 2.45) is 0 Å². The molecule has 0 aliphatic heterocycles. The molecule has 5 heteroatoms. The molecule has 13 rings (SSSR count). The van der Waals surface area contributed by atoms with E-state index in [1.807, 2.05) is 11.3 Å². The Hall–Kier alpha value is -7.86. The van der Waals surface area contributed by atoms with Crippen LogP contribution in [0.4, 0.5) is 0 Å². The van der Waals surface area contributed by atoms with Crippen molar-refractivity contribution in [1.82, 2.24) is 19.1 Å². The number of aromatic nitrogens is 4. The van der Waals surface area contributed by atoms with E-state index in [2.05, 4.69) is 215 Å². The third-order valence-corrected chi connectivity index (χ3v) is 13.6. The SMILES string of the molecule is c1ccc(-c2nc(-n3c4ccc(-n5c6ccccc6c6ccccc65)cc4c4cccc(-c5cccc(-c6cccc7c6sc6ccccc67)c5)c43)nc3ccccc23)cc1. The van der Waals surface area contributed by atoms with Crippen LogP contribution < -0.4 is 0 Å². The lowest BCUT2D eigenvalue weighted by atomic mass is 9.96. The zero-order valence-electron chi connectivity index (χ0n) is 32.8. The Morgan fingerprint density at radius 3 is 1.75 bits per heavy atom. The first kappa shape index (κ1) is 34.0. The third-order valence-electron chi connectivity index (χ3n) is 12.3. The normalized spacial score (nSPS) is 11.9. The van der Waals surface area contributed by atoms with E-state index in [1.165, 1.54) is 53.1 Å². The molecule has 284 valence electrons. The van der Waals surface area contributed by atoms with Gasteiger partial charge in [0.2, 0.25) is 5.95 Å². The van der Waals surface area contributed by atoms with Crippen LogP contribution in [-0.4, -0.2) is 19.1 Å². The second-order valence-electron chi connectivity index (χ2n) is 15.7. The Labute approximate surface area is 354 Å². The van der Waals surface area contributed by atoms with Crippen LogP contribution in [0.2, 0.25) is 0 Å². The summed E-state index contributed by atoms with van der Waals surface area (Å²) in [6, 6.07) is 74.3. The number of benzene rings is 9. The van der Waals surface area contributed by atoms with E-state index in [-0.39, 0.29) is 0 Å². The Morgan fingerprint density at radius 2 is 0.951 bits per heavy atom. The van der Waals surface area contributed by atoms with Gasteiger partial charge in [-0.05, 0) is 65.2 Å². The predicted octanol–water partition coefficient (Wildman–Crippen LogP) is 15.2. The molecule has 0 radical (unpaired) electrons. The maximum atomic E-state index is 5.47. The van der Waals surface area contributed by atoms with Crippen LogP contribution in [0.5, 0.6) is 0 Å². The topological polar surface area (TPSA) is 35.6 Å². The van der Waals surface area contributed by atoms with Crippen molar-refractivity contribution >= 4 is 86.0 Å². The summed E-state index contributed by atoms with van der Waals surface area (Å²) >= 11 is 1.87. The minimum Gasteiger partial charge on any atom is -0.309 e. The molecular weight excluding hydrogens is 761 g/mol. The van der Waals surface area contributed by atoms with Gasteiger partial charge in [-0.2, -0.15) is 0 Å². The molecule has 0 aliphatic rings. The highest BCUT2D eigenvalue weighted by Gasteiger charge is 2.22. The molecule has 0 amide bonds. The number of thiophene rings is 1. The van der Waals surface area contributed by atoms with Crippen molar-refractivity contribution in [3.8, 4) is 45.1 Å². The molecule has 4 aromatic heterocycles. The lowest BCUT2D eigenvalue weighted by Crippen LogP contribution is -2.04. The van der Waals surface area contributed by atoms with Gasteiger partial charge in [0.15, 0.2) is 0 Å². The highest BCUT2D eigenvalue weighted by molar-refractivity contribution is 7.26. The number of hydrogen-bond acceptors (Lipinski definition) is 3. The van der Waals surface area contributed by atoms with E-state index in [0.29, 0.717) is 5.95 Å². The molecule has 0 fully saturated rings. The molecule has 9 aromatic carbocycles. The first-order chi connectivity index (χ1) is 30.3. The smallest absolute Gasteiger partial charge is 0.235 e.